The van der Waals surface area contributed by atoms with Crippen LogP contribution in [0.5, 0.6) is 5.75 Å². The molecule has 0 radical (unpaired) electrons. The molecule has 0 spiro atoms. The largest absolute Gasteiger partial charge is 0.497 e. The molecule has 2 amide bonds. The smallest absolute Gasteiger partial charge is 0.355 e. The fourth-order valence-electron chi connectivity index (χ4n) is 6.77. The molecule has 290 valence electrons. The number of nitrogens with one attached hydrogen (secondary N) is 2. The van der Waals surface area contributed by atoms with E-state index in [4.69, 9.17) is 30.9 Å². The first kappa shape index (κ1) is 39.3. The van der Waals surface area contributed by atoms with Crippen molar-refractivity contribution in [2.75, 3.05) is 31.2 Å². The van der Waals surface area contributed by atoms with Gasteiger partial charge in [-0.25, -0.2) is 9.78 Å². The number of ether oxygens (including phenoxy) is 2. The number of benzene rings is 4. The molecule has 1 fully saturated rings. The molecule has 5 aromatic rings. The predicted octanol–water partition coefficient (Wildman–Crippen LogP) is 7.10. The van der Waals surface area contributed by atoms with Crippen LogP contribution >= 0.6 is 34.7 Å². The number of β-lactam (4-membered cyclic amide) rings is 1. The second-order valence-corrected chi connectivity index (χ2v) is 15.1. The highest BCUT2D eigenvalue weighted by Crippen LogP contribution is 2.42. The van der Waals surface area contributed by atoms with Gasteiger partial charge in [-0.3, -0.25) is 14.5 Å². The highest BCUT2D eigenvalue weighted by Gasteiger charge is 2.54. The third-order valence-corrected chi connectivity index (χ3v) is 11.7. The van der Waals surface area contributed by atoms with Crippen molar-refractivity contribution < 1.29 is 28.7 Å². The number of thiazole rings is 1. The summed E-state index contributed by atoms with van der Waals surface area (Å²) < 4.78 is 10.9. The number of alkyl halides is 1. The summed E-state index contributed by atoms with van der Waals surface area (Å²) >= 11 is 8.64. The van der Waals surface area contributed by atoms with Crippen molar-refractivity contribution in [2.24, 2.45) is 5.16 Å². The number of rotatable bonds is 15. The number of nitrogens with zero attached hydrogens (tertiary/aromatic N) is 3. The van der Waals surface area contributed by atoms with E-state index in [1.807, 2.05) is 54.6 Å². The van der Waals surface area contributed by atoms with Crippen LogP contribution in [0.15, 0.2) is 149 Å². The molecule has 0 saturated carbocycles. The van der Waals surface area contributed by atoms with Gasteiger partial charge in [0, 0.05) is 17.0 Å². The summed E-state index contributed by atoms with van der Waals surface area (Å²) in [5, 5.41) is 12.3. The molecule has 14 heteroatoms. The monoisotopic (exact) mass is 819 g/mol. The molecular weight excluding hydrogens is 782 g/mol. The molecule has 2 atom stereocenters. The van der Waals surface area contributed by atoms with Crippen molar-refractivity contribution in [3.8, 4) is 5.75 Å². The molecule has 1 saturated heterocycles. The number of esters is 1. The maximum Gasteiger partial charge on any atom is 0.355 e. The third kappa shape index (κ3) is 8.18. The molecule has 1 aromatic heterocycles. The van der Waals surface area contributed by atoms with Crippen molar-refractivity contribution in [3.05, 3.63) is 172 Å². The third-order valence-electron chi connectivity index (χ3n) is 9.47. The summed E-state index contributed by atoms with van der Waals surface area (Å²) in [6.45, 7) is -0.0106. The summed E-state index contributed by atoms with van der Waals surface area (Å²) in [6.07, 6.45) is 3.42. The molecular formula is C43H38ClN5O6S2. The van der Waals surface area contributed by atoms with Gasteiger partial charge in [-0.2, -0.15) is 0 Å². The van der Waals surface area contributed by atoms with Crippen molar-refractivity contribution in [1.82, 2.24) is 15.2 Å². The summed E-state index contributed by atoms with van der Waals surface area (Å²) in [4.78, 5) is 52.6. The van der Waals surface area contributed by atoms with Gasteiger partial charge in [0.25, 0.3) is 11.8 Å². The summed E-state index contributed by atoms with van der Waals surface area (Å²) in [7, 11) is 2.91. The summed E-state index contributed by atoms with van der Waals surface area (Å²) in [5.41, 5.74) is 3.71. The molecule has 7 rings (SSSR count). The van der Waals surface area contributed by atoms with E-state index in [0.717, 1.165) is 22.3 Å². The van der Waals surface area contributed by atoms with Gasteiger partial charge in [0.15, 0.2) is 10.8 Å². The molecule has 4 aromatic carbocycles. The van der Waals surface area contributed by atoms with E-state index < -0.39 is 34.7 Å². The topological polar surface area (TPSA) is 131 Å². The number of halogens is 1. The van der Waals surface area contributed by atoms with Crippen LogP contribution in [0.3, 0.4) is 0 Å². The summed E-state index contributed by atoms with van der Waals surface area (Å²) in [6, 6.07) is 36.4. The molecule has 2 aliphatic rings. The van der Waals surface area contributed by atoms with Gasteiger partial charge in [0.05, 0.1) is 7.11 Å². The van der Waals surface area contributed by atoms with E-state index in [-0.39, 0.29) is 29.6 Å². The zero-order valence-electron chi connectivity index (χ0n) is 31.0. The number of anilines is 1. The van der Waals surface area contributed by atoms with Crippen LogP contribution in [-0.2, 0) is 36.1 Å². The Morgan fingerprint density at radius 2 is 1.54 bits per heavy atom. The van der Waals surface area contributed by atoms with Crippen molar-refractivity contribution >= 4 is 63.3 Å². The summed E-state index contributed by atoms with van der Waals surface area (Å²) in [5.74, 6) is -0.509. The Bertz CT molecular complexity index is 2210. The highest BCUT2D eigenvalue weighted by atomic mass is 35.5. The number of oxime groups is 1. The van der Waals surface area contributed by atoms with E-state index in [2.05, 4.69) is 52.2 Å². The first-order valence-corrected chi connectivity index (χ1v) is 20.4. The predicted molar refractivity (Wildman–Crippen MR) is 223 cm³/mol. The minimum Gasteiger partial charge on any atom is -0.497 e. The standard InChI is InChI=1S/C43H38ClN5O6S2/c1-53-33-22-20-28(21-23-33)25-55-41(52)37-29(13-12-24-44)26-56-40-36(39(51)49(37)40)46-38(50)35(48-54-2)34-27-57-42(45-34)47-43(30-14-6-3-7-15-30,31-16-8-4-9-17-31)32-18-10-5-11-19-32/h3-23,27,36,40H,24-26H2,1-2H3,(H,45,47)(H,46,50)/b13-12-,48-35?/t36-,40-/m1/s1. The molecule has 57 heavy (non-hydrogen) atoms. The minimum atomic E-state index is -0.953. The van der Waals surface area contributed by atoms with E-state index in [1.54, 1.807) is 48.9 Å². The lowest BCUT2D eigenvalue weighted by Crippen LogP contribution is -2.71. The second kappa shape index (κ2) is 17.9. The van der Waals surface area contributed by atoms with Gasteiger partial charge in [-0.05, 0) is 40.0 Å². The normalized spacial score (nSPS) is 16.8. The van der Waals surface area contributed by atoms with E-state index in [1.165, 1.54) is 35.1 Å². The van der Waals surface area contributed by atoms with Gasteiger partial charge >= 0.3 is 5.97 Å². The zero-order valence-corrected chi connectivity index (χ0v) is 33.4. The number of carbonyl (C=O) groups is 3. The van der Waals surface area contributed by atoms with Crippen molar-refractivity contribution in [3.63, 3.8) is 0 Å². The number of methoxy groups -OCH3 is 1. The maximum absolute atomic E-state index is 13.9. The number of allylic oxidation sites excluding steroid dienone is 2. The van der Waals surface area contributed by atoms with Crippen LogP contribution in [0.4, 0.5) is 5.13 Å². The van der Waals surface area contributed by atoms with Gasteiger partial charge in [-0.15, -0.1) is 34.7 Å². The van der Waals surface area contributed by atoms with Crippen LogP contribution in [0, 0.1) is 0 Å². The first-order chi connectivity index (χ1) is 27.9. The number of aromatic nitrogens is 1. The molecule has 0 bridgehead atoms. The Morgan fingerprint density at radius 1 is 0.930 bits per heavy atom. The lowest BCUT2D eigenvalue weighted by atomic mass is 9.77. The number of amides is 2. The Hall–Kier alpha value is -5.89. The minimum absolute atomic E-state index is 0.0106. The fourth-order valence-corrected chi connectivity index (χ4v) is 8.93. The average molecular weight is 820 g/mol. The zero-order chi connectivity index (χ0) is 39.8. The molecule has 0 aliphatic carbocycles. The van der Waals surface area contributed by atoms with Crippen LogP contribution in [0.2, 0.25) is 0 Å². The molecule has 2 aliphatic heterocycles. The molecule has 11 nitrogen and oxygen atoms in total. The van der Waals surface area contributed by atoms with Crippen molar-refractivity contribution in [2.45, 2.75) is 23.6 Å². The Labute approximate surface area is 343 Å². The second-order valence-electron chi connectivity index (χ2n) is 12.8. The maximum atomic E-state index is 13.9. The Balaban J connectivity index is 1.12. The number of hydrogen-bond acceptors (Lipinski definition) is 11. The SMILES string of the molecule is CON=C(C(=O)N[C@@H]1C(=O)N2C(C(=O)OCc3ccc(OC)cc3)=C(/C=C\CCl)CS[C@H]12)c1csc(NC(c2ccccc2)(c2ccccc2)c2ccccc2)n1. The molecule has 3 heterocycles. The highest BCUT2D eigenvalue weighted by molar-refractivity contribution is 8.00. The van der Waals surface area contributed by atoms with Crippen LogP contribution in [0.1, 0.15) is 27.9 Å². The van der Waals surface area contributed by atoms with E-state index >= 15 is 0 Å². The van der Waals surface area contributed by atoms with Crippen LogP contribution in [0.25, 0.3) is 0 Å². The molecule has 2 N–H and O–H groups in total. The Morgan fingerprint density at radius 3 is 2.11 bits per heavy atom. The van der Waals surface area contributed by atoms with Crippen LogP contribution in [-0.4, -0.2) is 70.6 Å². The number of carbonyl (C=O) groups excluding carboxylic acids is 3. The quantitative estimate of drug-likeness (QED) is 0.0284. The first-order valence-electron chi connectivity index (χ1n) is 17.9. The van der Waals surface area contributed by atoms with Gasteiger partial charge < -0.3 is 24.9 Å². The van der Waals surface area contributed by atoms with Crippen molar-refractivity contribution in [1.29, 1.82) is 0 Å². The van der Waals surface area contributed by atoms with Gasteiger partial charge in [-0.1, -0.05) is 120 Å². The molecule has 0 unspecified atom stereocenters. The Kier molecular flexibility index (Phi) is 12.4. The number of hydrogen-bond donors (Lipinski definition) is 2. The number of thioether (sulfide) groups is 1. The lowest BCUT2D eigenvalue weighted by Gasteiger charge is -2.49. The van der Waals surface area contributed by atoms with Gasteiger partial charge in [0.1, 0.15) is 47.8 Å². The van der Waals surface area contributed by atoms with Crippen LogP contribution < -0.4 is 15.4 Å². The fraction of sp³-hybridized carbons (Fsp3) is 0.186. The van der Waals surface area contributed by atoms with E-state index in [9.17, 15) is 14.4 Å². The van der Waals surface area contributed by atoms with E-state index in [0.29, 0.717) is 22.2 Å². The average Bonchev–Trinajstić information content (AvgIpc) is 3.73. The van der Waals surface area contributed by atoms with Gasteiger partial charge in [0.2, 0.25) is 0 Å². The lowest BCUT2D eigenvalue weighted by molar-refractivity contribution is -0.153. The number of fused-ring (bicyclic) bond motifs is 1.